The highest BCUT2D eigenvalue weighted by Crippen LogP contribution is 2.42. The minimum Gasteiger partial charge on any atom is -0.378 e. The van der Waals surface area contributed by atoms with E-state index in [0.717, 1.165) is 48.3 Å². The number of hydrogen-bond acceptors (Lipinski definition) is 4. The van der Waals surface area contributed by atoms with Crippen molar-refractivity contribution in [1.82, 2.24) is 0 Å². The van der Waals surface area contributed by atoms with Crippen LogP contribution in [0.25, 0.3) is 0 Å². The fourth-order valence-electron chi connectivity index (χ4n) is 3.81. The predicted octanol–water partition coefficient (Wildman–Crippen LogP) is 5.69. The van der Waals surface area contributed by atoms with Crippen LogP contribution >= 0.6 is 11.8 Å². The molecule has 1 saturated heterocycles. The first-order valence-electron chi connectivity index (χ1n) is 11.1. The number of amides is 2. The van der Waals surface area contributed by atoms with E-state index in [1.807, 2.05) is 72.4 Å². The molecule has 0 bridgehead atoms. The summed E-state index contributed by atoms with van der Waals surface area (Å²) in [5.41, 5.74) is 3.87. The van der Waals surface area contributed by atoms with Crippen LogP contribution in [0, 0.1) is 5.92 Å². The maximum Gasteiger partial charge on any atom is 0.238 e. The summed E-state index contributed by atoms with van der Waals surface area (Å²) in [5, 5.41) is 3.00. The van der Waals surface area contributed by atoms with Gasteiger partial charge in [0.05, 0.1) is 5.75 Å². The van der Waals surface area contributed by atoms with E-state index < -0.39 is 0 Å². The van der Waals surface area contributed by atoms with Crippen molar-refractivity contribution < 1.29 is 9.59 Å². The molecule has 3 rings (SSSR count). The lowest BCUT2D eigenvalue weighted by atomic mass is 9.98. The van der Waals surface area contributed by atoms with Gasteiger partial charge in [-0.3, -0.25) is 14.5 Å². The van der Waals surface area contributed by atoms with Crippen molar-refractivity contribution in [2.75, 3.05) is 35.0 Å². The number of nitrogens with zero attached hydrogens (tertiary/aromatic N) is 2. The first-order chi connectivity index (χ1) is 14.9. The molecular formula is C25H33N3O2S. The molecule has 5 nitrogen and oxygen atoms in total. The third-order valence-corrected chi connectivity index (χ3v) is 6.96. The van der Waals surface area contributed by atoms with Crippen LogP contribution in [0.4, 0.5) is 17.1 Å². The molecule has 1 aliphatic heterocycles. The van der Waals surface area contributed by atoms with Gasteiger partial charge in [-0.2, -0.15) is 0 Å². The van der Waals surface area contributed by atoms with E-state index in [0.29, 0.717) is 5.75 Å². The third-order valence-electron chi connectivity index (χ3n) is 5.75. The zero-order valence-corrected chi connectivity index (χ0v) is 19.7. The molecular weight excluding hydrogens is 406 g/mol. The number of thioether (sulfide) groups is 1. The smallest absolute Gasteiger partial charge is 0.238 e. The summed E-state index contributed by atoms with van der Waals surface area (Å²) < 4.78 is 0. The molecule has 2 aromatic rings. The van der Waals surface area contributed by atoms with Crippen molar-refractivity contribution in [2.45, 2.75) is 44.9 Å². The normalized spacial score (nSPS) is 17.0. The Morgan fingerprint density at radius 3 is 2.39 bits per heavy atom. The lowest BCUT2D eigenvalue weighted by Gasteiger charge is -2.25. The van der Waals surface area contributed by atoms with E-state index in [2.05, 4.69) is 19.2 Å². The number of hydrogen-bond donors (Lipinski definition) is 1. The molecule has 166 valence electrons. The van der Waals surface area contributed by atoms with E-state index in [-0.39, 0.29) is 23.1 Å². The van der Waals surface area contributed by atoms with E-state index in [9.17, 15) is 9.59 Å². The van der Waals surface area contributed by atoms with Gasteiger partial charge in [0, 0.05) is 37.1 Å². The van der Waals surface area contributed by atoms with Crippen molar-refractivity contribution >= 4 is 40.6 Å². The summed E-state index contributed by atoms with van der Waals surface area (Å²) in [6.07, 6.45) is 3.96. The maximum absolute atomic E-state index is 12.6. The molecule has 0 radical (unpaired) electrons. The number of carbonyl (C=O) groups excluding carboxylic acids is 2. The first-order valence-corrected chi connectivity index (χ1v) is 12.1. The molecule has 31 heavy (non-hydrogen) atoms. The molecule has 2 atom stereocenters. The predicted molar refractivity (Wildman–Crippen MR) is 132 cm³/mol. The van der Waals surface area contributed by atoms with Gasteiger partial charge in [-0.05, 0) is 54.8 Å². The highest BCUT2D eigenvalue weighted by molar-refractivity contribution is 8.00. The average molecular weight is 440 g/mol. The van der Waals surface area contributed by atoms with Gasteiger partial charge in [-0.15, -0.1) is 11.8 Å². The number of benzene rings is 2. The molecule has 0 spiro atoms. The number of carbonyl (C=O) groups is 2. The van der Waals surface area contributed by atoms with Gasteiger partial charge in [0.1, 0.15) is 5.37 Å². The molecule has 2 aromatic carbocycles. The van der Waals surface area contributed by atoms with Crippen molar-refractivity contribution in [2.24, 2.45) is 5.92 Å². The zero-order valence-electron chi connectivity index (χ0n) is 18.9. The van der Waals surface area contributed by atoms with Crippen LogP contribution < -0.4 is 15.1 Å². The van der Waals surface area contributed by atoms with Crippen LogP contribution in [0.1, 0.15) is 50.5 Å². The molecule has 1 N–H and O–H groups in total. The average Bonchev–Trinajstić information content (AvgIpc) is 3.16. The van der Waals surface area contributed by atoms with Crippen LogP contribution in [-0.4, -0.2) is 31.7 Å². The molecule has 2 amide bonds. The summed E-state index contributed by atoms with van der Waals surface area (Å²) in [7, 11) is 4.00. The Labute approximate surface area is 190 Å². The van der Waals surface area contributed by atoms with Gasteiger partial charge in [0.25, 0.3) is 0 Å². The summed E-state index contributed by atoms with van der Waals surface area (Å²) in [6, 6.07) is 16.0. The van der Waals surface area contributed by atoms with Crippen LogP contribution in [0.5, 0.6) is 0 Å². The largest absolute Gasteiger partial charge is 0.378 e. The van der Waals surface area contributed by atoms with Gasteiger partial charge < -0.3 is 10.2 Å². The molecule has 2 unspecified atom stereocenters. The van der Waals surface area contributed by atoms with Crippen molar-refractivity contribution in [3.8, 4) is 0 Å². The van der Waals surface area contributed by atoms with Gasteiger partial charge in [-0.1, -0.05) is 38.8 Å². The van der Waals surface area contributed by atoms with Gasteiger partial charge in [0.15, 0.2) is 0 Å². The SMILES string of the molecule is CCCCC(CC)C(=O)Nc1ccc(C2SCC(=O)N2c2ccc(N(C)C)cc2)cc1. The fourth-order valence-corrected chi connectivity index (χ4v) is 4.99. The summed E-state index contributed by atoms with van der Waals surface area (Å²) in [5.74, 6) is 0.737. The van der Waals surface area contributed by atoms with Crippen molar-refractivity contribution in [3.63, 3.8) is 0 Å². The highest BCUT2D eigenvalue weighted by Gasteiger charge is 2.34. The highest BCUT2D eigenvalue weighted by atomic mass is 32.2. The van der Waals surface area contributed by atoms with Crippen LogP contribution in [-0.2, 0) is 9.59 Å². The Morgan fingerprint density at radius 2 is 1.81 bits per heavy atom. The number of nitrogens with one attached hydrogen (secondary N) is 1. The zero-order chi connectivity index (χ0) is 22.4. The van der Waals surface area contributed by atoms with E-state index in [1.54, 1.807) is 11.8 Å². The molecule has 0 aromatic heterocycles. The molecule has 1 fully saturated rings. The summed E-state index contributed by atoms with van der Waals surface area (Å²) in [4.78, 5) is 29.1. The Morgan fingerprint density at radius 1 is 1.13 bits per heavy atom. The lowest BCUT2D eigenvalue weighted by Crippen LogP contribution is -2.27. The molecule has 1 heterocycles. The van der Waals surface area contributed by atoms with Crippen molar-refractivity contribution in [3.05, 3.63) is 54.1 Å². The van der Waals surface area contributed by atoms with Crippen molar-refractivity contribution in [1.29, 1.82) is 0 Å². The van der Waals surface area contributed by atoms with Crippen LogP contribution in [0.2, 0.25) is 0 Å². The maximum atomic E-state index is 12.6. The topological polar surface area (TPSA) is 52.7 Å². The minimum absolute atomic E-state index is 0.0586. The Balaban J connectivity index is 1.72. The number of anilines is 3. The second-order valence-electron chi connectivity index (χ2n) is 8.20. The van der Waals surface area contributed by atoms with Gasteiger partial charge >= 0.3 is 0 Å². The summed E-state index contributed by atoms with van der Waals surface area (Å²) in [6.45, 7) is 4.21. The Hall–Kier alpha value is -2.47. The minimum atomic E-state index is -0.0598. The van der Waals surface area contributed by atoms with E-state index in [1.165, 1.54) is 0 Å². The van der Waals surface area contributed by atoms with E-state index >= 15 is 0 Å². The second kappa shape index (κ2) is 10.7. The lowest BCUT2D eigenvalue weighted by molar-refractivity contribution is -0.120. The Kier molecular flexibility index (Phi) is 8.02. The quantitative estimate of drug-likeness (QED) is 0.546. The monoisotopic (exact) mass is 439 g/mol. The molecule has 0 saturated carbocycles. The van der Waals surface area contributed by atoms with Gasteiger partial charge in [0.2, 0.25) is 11.8 Å². The molecule has 6 heteroatoms. The summed E-state index contributed by atoms with van der Waals surface area (Å²) >= 11 is 1.63. The second-order valence-corrected chi connectivity index (χ2v) is 9.27. The van der Waals surface area contributed by atoms with E-state index in [4.69, 9.17) is 0 Å². The standard InChI is InChI=1S/C25H33N3O2S/c1-5-7-8-18(6-2)24(30)26-20-11-9-19(10-12-20)25-28(23(29)17-31-25)22-15-13-21(14-16-22)27(3)4/h9-16,18,25H,5-8,17H2,1-4H3,(H,26,30). The first kappa shape index (κ1) is 23.2. The van der Waals surface area contributed by atoms with Crippen LogP contribution in [0.3, 0.4) is 0 Å². The fraction of sp³-hybridized carbons (Fsp3) is 0.440. The number of unbranched alkanes of at least 4 members (excludes halogenated alkanes) is 1. The molecule has 0 aliphatic carbocycles. The third kappa shape index (κ3) is 5.62. The van der Waals surface area contributed by atoms with Gasteiger partial charge in [-0.25, -0.2) is 0 Å². The number of rotatable bonds is 9. The Bertz CT molecular complexity index is 881. The molecule has 1 aliphatic rings. The van der Waals surface area contributed by atoms with Crippen LogP contribution in [0.15, 0.2) is 48.5 Å².